The molecule has 1 heterocycles. The van der Waals surface area contributed by atoms with Crippen molar-refractivity contribution >= 4 is 67.3 Å². The summed E-state index contributed by atoms with van der Waals surface area (Å²) in [5.74, 6) is 0.522. The predicted octanol–water partition coefficient (Wildman–Crippen LogP) is 14.4. The molecule has 364 valence electrons. The summed E-state index contributed by atoms with van der Waals surface area (Å²) in [6.07, 6.45) is 25.7. The van der Waals surface area contributed by atoms with Gasteiger partial charge in [-0.3, -0.25) is 0 Å². The minimum Gasteiger partial charge on any atom is -0.462 e. The van der Waals surface area contributed by atoms with E-state index >= 15 is 0 Å². The molecule has 1 atom stereocenters. The molecule has 0 saturated heterocycles. The Morgan fingerprint density at radius 1 is 0.508 bits per heavy atom. The Kier molecular flexibility index (Phi) is 29.0. The zero-order valence-electron chi connectivity index (χ0n) is 41.7. The van der Waals surface area contributed by atoms with Crippen molar-refractivity contribution in [1.29, 1.82) is 0 Å². The van der Waals surface area contributed by atoms with E-state index in [9.17, 15) is 9.59 Å². The summed E-state index contributed by atoms with van der Waals surface area (Å²) in [7, 11) is -3.54. The molecule has 65 heavy (non-hydrogen) atoms. The van der Waals surface area contributed by atoms with E-state index in [-0.39, 0.29) is 11.9 Å². The van der Waals surface area contributed by atoms with Gasteiger partial charge in [0.15, 0.2) is 17.4 Å². The standard InChI is InChI=1S/C51H88N6O5Si3/c1-8-10-12-14-16-18-20-22-24-26-38-60-47(58)43-29-33-45(34-30-43)53-50-55-49(52-37-28-40-64(42-41-63(3)4)62-65(5,6)7)56-51(57-50)54-46-35-31-44(32-36-46)48(59)61-39-27-25-23-21-19-17-15-13-11-9-2/h29-36,63-64H,8-28,37-42H2,1-7H3,(H3,52,53,54,55,56,57). The van der Waals surface area contributed by atoms with E-state index in [4.69, 9.17) is 28.5 Å². The van der Waals surface area contributed by atoms with E-state index in [0.29, 0.717) is 48.7 Å². The van der Waals surface area contributed by atoms with Crippen molar-refractivity contribution in [2.45, 2.75) is 200 Å². The van der Waals surface area contributed by atoms with Crippen LogP contribution in [0.2, 0.25) is 50.9 Å². The van der Waals surface area contributed by atoms with Gasteiger partial charge in [0, 0.05) is 26.7 Å². The lowest BCUT2D eigenvalue weighted by atomic mass is 10.1. The Morgan fingerprint density at radius 3 is 1.28 bits per heavy atom. The number of esters is 2. The molecule has 0 aliphatic rings. The number of benzene rings is 2. The van der Waals surface area contributed by atoms with E-state index in [1.165, 1.54) is 115 Å². The summed E-state index contributed by atoms with van der Waals surface area (Å²) in [5, 5.41) is 10.0. The van der Waals surface area contributed by atoms with Crippen LogP contribution in [0.1, 0.15) is 169 Å². The Bertz CT molecular complexity index is 1610. The van der Waals surface area contributed by atoms with Gasteiger partial charge in [0.25, 0.3) is 0 Å². The van der Waals surface area contributed by atoms with Crippen molar-refractivity contribution in [2.24, 2.45) is 0 Å². The van der Waals surface area contributed by atoms with E-state index in [2.05, 4.69) is 62.5 Å². The number of carbonyl (C=O) groups excluding carboxylic acids is 2. The lowest BCUT2D eigenvalue weighted by Gasteiger charge is -2.26. The molecule has 14 heteroatoms. The summed E-state index contributed by atoms with van der Waals surface area (Å²) < 4.78 is 17.9. The number of nitrogens with one attached hydrogen (secondary N) is 3. The van der Waals surface area contributed by atoms with Crippen LogP contribution in [0.15, 0.2) is 48.5 Å². The molecule has 3 rings (SSSR count). The van der Waals surface area contributed by atoms with Crippen LogP contribution >= 0.6 is 0 Å². The highest BCUT2D eigenvalue weighted by molar-refractivity contribution is 6.77. The normalized spacial score (nSPS) is 12.0. The Balaban J connectivity index is 1.57. The summed E-state index contributed by atoms with van der Waals surface area (Å²) >= 11 is 0. The van der Waals surface area contributed by atoms with E-state index in [1.807, 2.05) is 24.3 Å². The molecule has 1 unspecified atom stereocenters. The van der Waals surface area contributed by atoms with Crippen LogP contribution in [0.3, 0.4) is 0 Å². The first kappa shape index (κ1) is 55.7. The molecule has 0 radical (unpaired) electrons. The fraction of sp³-hybridized carbons (Fsp3) is 0.667. The molecule has 0 bridgehead atoms. The number of hydrogen-bond acceptors (Lipinski definition) is 11. The molecule has 0 aliphatic heterocycles. The number of aromatic nitrogens is 3. The van der Waals surface area contributed by atoms with E-state index in [1.54, 1.807) is 24.3 Å². The third-order valence-electron chi connectivity index (χ3n) is 11.4. The fourth-order valence-corrected chi connectivity index (χ4v) is 17.7. The van der Waals surface area contributed by atoms with Crippen molar-refractivity contribution in [3.05, 3.63) is 59.7 Å². The molecule has 0 saturated carbocycles. The SMILES string of the molecule is CCCCCCCCCCCCOC(=O)c1ccc(Nc2nc(NCCC[SiH](CC[SiH](C)C)O[Si](C)(C)C)nc(Nc3ccc(C(=O)OCCCCCCCCCCCC)cc3)n2)cc1. The summed E-state index contributed by atoms with van der Waals surface area (Å²) in [4.78, 5) is 39.7. The largest absolute Gasteiger partial charge is 0.462 e. The summed E-state index contributed by atoms with van der Waals surface area (Å²) in [6.45, 7) is 17.8. The maximum absolute atomic E-state index is 12.8. The average Bonchev–Trinajstić information content (AvgIpc) is 3.27. The number of unbranched alkanes of at least 4 members (excludes halogenated alkanes) is 18. The Morgan fingerprint density at radius 2 is 0.892 bits per heavy atom. The lowest BCUT2D eigenvalue weighted by Crippen LogP contribution is -2.35. The molecule has 11 nitrogen and oxygen atoms in total. The van der Waals surface area contributed by atoms with Crippen molar-refractivity contribution in [1.82, 2.24) is 15.0 Å². The number of ether oxygens (including phenoxy) is 2. The molecule has 0 amide bonds. The van der Waals surface area contributed by atoms with Gasteiger partial charge in [-0.2, -0.15) is 15.0 Å². The van der Waals surface area contributed by atoms with Crippen molar-refractivity contribution < 1.29 is 23.2 Å². The highest BCUT2D eigenvalue weighted by atomic mass is 28.4. The highest BCUT2D eigenvalue weighted by Crippen LogP contribution is 2.22. The molecule has 3 aromatic rings. The minimum absolute atomic E-state index is 0.314. The number of anilines is 5. The molecular formula is C51H88N6O5Si3. The first-order chi connectivity index (χ1) is 31.5. The van der Waals surface area contributed by atoms with Crippen LogP contribution in [-0.2, 0) is 13.6 Å². The quantitative estimate of drug-likeness (QED) is 0.0288. The van der Waals surface area contributed by atoms with Gasteiger partial charge < -0.3 is 29.5 Å². The van der Waals surface area contributed by atoms with Gasteiger partial charge in [0.1, 0.15) is 0 Å². The first-order valence-electron chi connectivity index (χ1n) is 25.7. The molecule has 0 aliphatic carbocycles. The monoisotopic (exact) mass is 949 g/mol. The van der Waals surface area contributed by atoms with Gasteiger partial charge in [-0.15, -0.1) is 0 Å². The van der Waals surface area contributed by atoms with Crippen LogP contribution in [0.5, 0.6) is 0 Å². The van der Waals surface area contributed by atoms with Crippen LogP contribution in [0.4, 0.5) is 29.2 Å². The van der Waals surface area contributed by atoms with E-state index < -0.39 is 26.2 Å². The van der Waals surface area contributed by atoms with Gasteiger partial charge in [-0.1, -0.05) is 149 Å². The average molecular weight is 950 g/mol. The van der Waals surface area contributed by atoms with Gasteiger partial charge in [0.05, 0.1) is 24.3 Å². The zero-order chi connectivity index (χ0) is 47.0. The summed E-state index contributed by atoms with van der Waals surface area (Å²) in [6, 6.07) is 18.1. The second kappa shape index (κ2) is 33.8. The molecule has 0 spiro atoms. The Labute approximate surface area is 398 Å². The smallest absolute Gasteiger partial charge is 0.338 e. The van der Waals surface area contributed by atoms with Crippen LogP contribution in [0.25, 0.3) is 0 Å². The van der Waals surface area contributed by atoms with Crippen molar-refractivity contribution in [3.63, 3.8) is 0 Å². The van der Waals surface area contributed by atoms with Crippen molar-refractivity contribution in [3.8, 4) is 0 Å². The topological polar surface area (TPSA) is 137 Å². The zero-order valence-corrected chi connectivity index (χ0v) is 45.1. The molecule has 2 aromatic carbocycles. The maximum Gasteiger partial charge on any atom is 0.338 e. The van der Waals surface area contributed by atoms with Crippen LogP contribution in [-0.4, -0.2) is 72.8 Å². The van der Waals surface area contributed by atoms with Gasteiger partial charge >= 0.3 is 11.9 Å². The maximum atomic E-state index is 12.8. The van der Waals surface area contributed by atoms with Gasteiger partial charge in [-0.05, 0) is 99.5 Å². The van der Waals surface area contributed by atoms with Gasteiger partial charge in [-0.25, -0.2) is 9.59 Å². The molecule has 1 aromatic heterocycles. The minimum atomic E-state index is -1.60. The number of nitrogens with zero attached hydrogens (tertiary/aromatic N) is 3. The first-order valence-corrected chi connectivity index (χ1v) is 34.4. The predicted molar refractivity (Wildman–Crippen MR) is 282 cm³/mol. The summed E-state index contributed by atoms with van der Waals surface area (Å²) in [5.41, 5.74) is 2.46. The number of rotatable bonds is 38. The highest BCUT2D eigenvalue weighted by Gasteiger charge is 2.22. The Hall–Kier alpha value is -3.60. The van der Waals surface area contributed by atoms with Gasteiger partial charge in [0.2, 0.25) is 17.8 Å². The van der Waals surface area contributed by atoms with E-state index in [0.717, 1.165) is 49.5 Å². The second-order valence-corrected chi connectivity index (χ2v) is 30.2. The van der Waals surface area contributed by atoms with Crippen molar-refractivity contribution in [2.75, 3.05) is 35.7 Å². The number of hydrogen-bond donors (Lipinski definition) is 3. The second-order valence-electron chi connectivity index (χ2n) is 19.2. The number of carbonyl (C=O) groups is 2. The molecule has 3 N–H and O–H groups in total. The third-order valence-corrected chi connectivity index (χ3v) is 19.8. The molecule has 0 fully saturated rings. The fourth-order valence-electron chi connectivity index (χ4n) is 7.69. The third kappa shape index (κ3) is 27.0. The van der Waals surface area contributed by atoms with Crippen LogP contribution < -0.4 is 16.0 Å². The van der Waals surface area contributed by atoms with Crippen LogP contribution in [0, 0.1) is 0 Å². The lowest BCUT2D eigenvalue weighted by molar-refractivity contribution is 0.0488. The molecular weight excluding hydrogens is 861 g/mol.